The first-order chi connectivity index (χ1) is 18.2. The zero-order valence-corrected chi connectivity index (χ0v) is 21.6. The number of fused-ring (bicyclic) bond motifs is 1. The summed E-state index contributed by atoms with van der Waals surface area (Å²) in [6.07, 6.45) is 1.53. The van der Waals surface area contributed by atoms with Crippen molar-refractivity contribution in [2.45, 2.75) is 6.61 Å². The van der Waals surface area contributed by atoms with Crippen molar-refractivity contribution < 1.29 is 18.4 Å². The summed E-state index contributed by atoms with van der Waals surface area (Å²) in [6, 6.07) is 21.6. The van der Waals surface area contributed by atoms with Gasteiger partial charge in [-0.25, -0.2) is 9.97 Å². The van der Waals surface area contributed by atoms with Gasteiger partial charge in [-0.1, -0.05) is 30.3 Å². The molecule has 1 aliphatic rings. The normalized spacial score (nSPS) is 14.4. The van der Waals surface area contributed by atoms with Crippen LogP contribution in [0.15, 0.2) is 73.1 Å². The molecule has 0 bridgehead atoms. The molecule has 0 radical (unpaired) electrons. The summed E-state index contributed by atoms with van der Waals surface area (Å²) in [5.41, 5.74) is 2.76. The fourth-order valence-electron chi connectivity index (χ4n) is 4.13. The van der Waals surface area contributed by atoms with Crippen LogP contribution in [0.25, 0.3) is 10.9 Å². The third kappa shape index (κ3) is 6.55. The van der Waals surface area contributed by atoms with Crippen molar-refractivity contribution >= 4 is 33.2 Å². The minimum atomic E-state index is -0.679. The van der Waals surface area contributed by atoms with Crippen LogP contribution in [-0.2, 0) is 17.4 Å². The van der Waals surface area contributed by atoms with Gasteiger partial charge in [0, 0.05) is 59.1 Å². The molecule has 1 N–H and O–H groups in total. The van der Waals surface area contributed by atoms with Gasteiger partial charge < -0.3 is 19.5 Å². The van der Waals surface area contributed by atoms with Crippen LogP contribution < -0.4 is 19.5 Å². The standard InChI is InChI=1S/C28H30N4O4S/c1-34-26-17-24-25(18-27(26)35-14-11-32-12-15-37(33)16-13-32)29-20-30-28(24)31-22-7-9-23(10-8-22)36-19-21-5-3-2-4-6-21/h2-10,17-18,20H,11-16,19H2,1H3,(H,29,30,31). The van der Waals surface area contributed by atoms with E-state index in [1.165, 1.54) is 6.33 Å². The lowest BCUT2D eigenvalue weighted by Crippen LogP contribution is -2.39. The molecule has 9 heteroatoms. The largest absolute Gasteiger partial charge is 0.493 e. The SMILES string of the molecule is COc1cc2c(Nc3ccc(OCc4ccccc4)cc3)ncnc2cc1OCCN1CCS(=O)CC1. The number of hydrogen-bond donors (Lipinski definition) is 1. The number of ether oxygens (including phenoxy) is 3. The van der Waals surface area contributed by atoms with Gasteiger partial charge in [0.15, 0.2) is 11.5 Å². The molecule has 192 valence electrons. The number of aromatic nitrogens is 2. The second-order valence-electron chi connectivity index (χ2n) is 8.70. The molecule has 0 aliphatic carbocycles. The van der Waals surface area contributed by atoms with E-state index in [1.54, 1.807) is 7.11 Å². The molecular formula is C28H30N4O4S. The molecule has 0 atom stereocenters. The Labute approximate surface area is 219 Å². The van der Waals surface area contributed by atoms with Crippen molar-refractivity contribution in [3.05, 3.63) is 78.6 Å². The fraction of sp³-hybridized carbons (Fsp3) is 0.286. The highest BCUT2D eigenvalue weighted by atomic mass is 32.2. The molecular weight excluding hydrogens is 488 g/mol. The summed E-state index contributed by atoms with van der Waals surface area (Å²) in [4.78, 5) is 11.2. The van der Waals surface area contributed by atoms with Crippen molar-refractivity contribution in [1.82, 2.24) is 14.9 Å². The number of benzene rings is 3. The van der Waals surface area contributed by atoms with E-state index in [0.29, 0.717) is 30.5 Å². The monoisotopic (exact) mass is 518 g/mol. The third-order valence-electron chi connectivity index (χ3n) is 6.22. The van der Waals surface area contributed by atoms with Crippen molar-refractivity contribution in [2.75, 3.05) is 50.2 Å². The fourth-order valence-corrected chi connectivity index (χ4v) is 5.26. The quantitative estimate of drug-likeness (QED) is 0.331. The van der Waals surface area contributed by atoms with Crippen molar-refractivity contribution in [3.8, 4) is 17.2 Å². The summed E-state index contributed by atoms with van der Waals surface area (Å²) < 4.78 is 29.1. The second-order valence-corrected chi connectivity index (χ2v) is 10.4. The molecule has 4 aromatic rings. The number of nitrogens with one attached hydrogen (secondary N) is 1. The van der Waals surface area contributed by atoms with E-state index in [0.717, 1.165) is 59.0 Å². The van der Waals surface area contributed by atoms with Crippen LogP contribution in [0, 0.1) is 0 Å². The van der Waals surface area contributed by atoms with E-state index in [1.807, 2.05) is 66.7 Å². The highest BCUT2D eigenvalue weighted by Gasteiger charge is 2.16. The van der Waals surface area contributed by atoms with Gasteiger partial charge >= 0.3 is 0 Å². The molecule has 1 aliphatic heterocycles. The zero-order valence-electron chi connectivity index (χ0n) is 20.8. The maximum Gasteiger partial charge on any atom is 0.163 e. The Hall–Kier alpha value is -3.69. The van der Waals surface area contributed by atoms with Gasteiger partial charge in [0.1, 0.15) is 31.1 Å². The van der Waals surface area contributed by atoms with E-state index in [9.17, 15) is 4.21 Å². The average molecular weight is 519 g/mol. The van der Waals surface area contributed by atoms with Crippen molar-refractivity contribution in [3.63, 3.8) is 0 Å². The molecule has 0 unspecified atom stereocenters. The van der Waals surface area contributed by atoms with Crippen LogP contribution in [0.3, 0.4) is 0 Å². The molecule has 1 fully saturated rings. The molecule has 0 amide bonds. The lowest BCUT2D eigenvalue weighted by atomic mass is 10.2. The average Bonchev–Trinajstić information content (AvgIpc) is 2.94. The van der Waals surface area contributed by atoms with Crippen LogP contribution in [-0.4, -0.2) is 63.9 Å². The summed E-state index contributed by atoms with van der Waals surface area (Å²) >= 11 is 0. The molecule has 0 saturated carbocycles. The number of nitrogens with zero attached hydrogens (tertiary/aromatic N) is 3. The Bertz CT molecular complexity index is 1340. The molecule has 2 heterocycles. The van der Waals surface area contributed by atoms with E-state index in [-0.39, 0.29) is 0 Å². The Kier molecular flexibility index (Phi) is 8.12. The third-order valence-corrected chi connectivity index (χ3v) is 7.50. The number of methoxy groups -OCH3 is 1. The van der Waals surface area contributed by atoms with Crippen LogP contribution in [0.1, 0.15) is 5.56 Å². The van der Waals surface area contributed by atoms with E-state index >= 15 is 0 Å². The topological polar surface area (TPSA) is 85.8 Å². The van der Waals surface area contributed by atoms with Crippen LogP contribution >= 0.6 is 0 Å². The van der Waals surface area contributed by atoms with Crippen molar-refractivity contribution in [1.29, 1.82) is 0 Å². The Morgan fingerprint density at radius 2 is 1.73 bits per heavy atom. The second kappa shape index (κ2) is 12.0. The van der Waals surface area contributed by atoms with Gasteiger partial charge in [0.2, 0.25) is 0 Å². The Morgan fingerprint density at radius 3 is 2.49 bits per heavy atom. The van der Waals surface area contributed by atoms with Gasteiger partial charge in [-0.15, -0.1) is 0 Å². The van der Waals surface area contributed by atoms with Crippen LogP contribution in [0.5, 0.6) is 17.2 Å². The smallest absolute Gasteiger partial charge is 0.163 e. The van der Waals surface area contributed by atoms with Gasteiger partial charge in [0.25, 0.3) is 0 Å². The van der Waals surface area contributed by atoms with Crippen molar-refractivity contribution in [2.24, 2.45) is 0 Å². The molecule has 8 nitrogen and oxygen atoms in total. The zero-order chi connectivity index (χ0) is 25.5. The predicted octanol–water partition coefficient (Wildman–Crippen LogP) is 4.40. The minimum absolute atomic E-state index is 0.517. The molecule has 0 spiro atoms. The molecule has 37 heavy (non-hydrogen) atoms. The number of anilines is 2. The van der Waals surface area contributed by atoms with Gasteiger partial charge in [0.05, 0.1) is 12.6 Å². The Morgan fingerprint density at radius 1 is 0.946 bits per heavy atom. The van der Waals surface area contributed by atoms with E-state index in [4.69, 9.17) is 14.2 Å². The lowest BCUT2D eigenvalue weighted by molar-refractivity contribution is 0.216. The lowest BCUT2D eigenvalue weighted by Gasteiger charge is -2.26. The van der Waals surface area contributed by atoms with E-state index in [2.05, 4.69) is 20.2 Å². The first-order valence-electron chi connectivity index (χ1n) is 12.2. The first-order valence-corrected chi connectivity index (χ1v) is 13.7. The summed E-state index contributed by atoms with van der Waals surface area (Å²) in [5, 5.41) is 4.20. The highest BCUT2D eigenvalue weighted by molar-refractivity contribution is 7.85. The predicted molar refractivity (Wildman–Crippen MR) is 146 cm³/mol. The maximum atomic E-state index is 11.6. The molecule has 5 rings (SSSR count). The minimum Gasteiger partial charge on any atom is -0.493 e. The first kappa shape index (κ1) is 25.0. The molecule has 1 saturated heterocycles. The molecule has 1 aromatic heterocycles. The summed E-state index contributed by atoms with van der Waals surface area (Å²) in [6.45, 7) is 3.50. The highest BCUT2D eigenvalue weighted by Crippen LogP contribution is 2.35. The number of rotatable bonds is 10. The van der Waals surface area contributed by atoms with Crippen LogP contribution in [0.4, 0.5) is 11.5 Å². The number of hydrogen-bond acceptors (Lipinski definition) is 8. The van der Waals surface area contributed by atoms with Gasteiger partial charge in [-0.2, -0.15) is 0 Å². The maximum absolute atomic E-state index is 11.6. The summed E-state index contributed by atoms with van der Waals surface area (Å²) in [5.74, 6) is 4.19. The molecule has 3 aromatic carbocycles. The van der Waals surface area contributed by atoms with E-state index < -0.39 is 10.8 Å². The van der Waals surface area contributed by atoms with Gasteiger partial charge in [-0.3, -0.25) is 9.11 Å². The van der Waals surface area contributed by atoms with Crippen LogP contribution in [0.2, 0.25) is 0 Å². The van der Waals surface area contributed by atoms with Gasteiger partial charge in [-0.05, 0) is 35.9 Å². The summed E-state index contributed by atoms with van der Waals surface area (Å²) in [7, 11) is 0.945. The Balaban J connectivity index is 1.24.